The Hall–Kier alpha value is -1.03. The lowest BCUT2D eigenvalue weighted by Gasteiger charge is -2.08. The van der Waals surface area contributed by atoms with Crippen molar-refractivity contribution >= 4 is 5.97 Å². The standard InChI is InChI=1S/C34H66O8/c1-4-5-6-7-8-9-10-11-12-13-14-15-16-17-18-19-20-36-21-22-37-23-24-38-25-26-39-27-28-40-29-30-41-31-32-42-34(35)33(2)3/h2,4-32H2,1,3H3. The van der Waals surface area contributed by atoms with Crippen molar-refractivity contribution in [3.05, 3.63) is 12.2 Å². The third-order valence-corrected chi connectivity index (χ3v) is 6.81. The molecule has 8 nitrogen and oxygen atoms in total. The monoisotopic (exact) mass is 602 g/mol. The van der Waals surface area contributed by atoms with Crippen LogP contribution in [0, 0.1) is 0 Å². The second kappa shape index (κ2) is 36.2. The largest absolute Gasteiger partial charge is 0.460 e. The Kier molecular flexibility index (Phi) is 35.3. The van der Waals surface area contributed by atoms with Gasteiger partial charge in [-0.3, -0.25) is 0 Å². The third-order valence-electron chi connectivity index (χ3n) is 6.81. The predicted molar refractivity (Wildman–Crippen MR) is 170 cm³/mol. The molecule has 0 saturated carbocycles. The van der Waals surface area contributed by atoms with Crippen LogP contribution in [0.25, 0.3) is 0 Å². The van der Waals surface area contributed by atoms with Crippen LogP contribution in [-0.4, -0.2) is 91.9 Å². The maximum Gasteiger partial charge on any atom is 0.333 e. The van der Waals surface area contributed by atoms with Gasteiger partial charge in [0.1, 0.15) is 6.61 Å². The number of carbonyl (C=O) groups is 1. The van der Waals surface area contributed by atoms with Gasteiger partial charge in [-0.25, -0.2) is 4.79 Å². The molecule has 0 bridgehead atoms. The van der Waals surface area contributed by atoms with Gasteiger partial charge in [0, 0.05) is 12.2 Å². The molecule has 0 aromatic rings. The molecule has 42 heavy (non-hydrogen) atoms. The Morgan fingerprint density at radius 3 is 0.976 bits per heavy atom. The molecule has 0 rings (SSSR count). The Bertz CT molecular complexity index is 558. The summed E-state index contributed by atoms with van der Waals surface area (Å²) >= 11 is 0. The molecule has 0 fully saturated rings. The van der Waals surface area contributed by atoms with Gasteiger partial charge in [0.25, 0.3) is 0 Å². The van der Waals surface area contributed by atoms with Crippen molar-refractivity contribution in [3.63, 3.8) is 0 Å². The van der Waals surface area contributed by atoms with E-state index in [9.17, 15) is 4.79 Å². The summed E-state index contributed by atoms with van der Waals surface area (Å²) in [7, 11) is 0. The summed E-state index contributed by atoms with van der Waals surface area (Å²) in [5.41, 5.74) is 0.383. The lowest BCUT2D eigenvalue weighted by Crippen LogP contribution is -2.15. The topological polar surface area (TPSA) is 81.7 Å². The first-order valence-corrected chi connectivity index (χ1v) is 17.0. The lowest BCUT2D eigenvalue weighted by atomic mass is 10.0. The molecule has 0 aliphatic rings. The summed E-state index contributed by atoms with van der Waals surface area (Å²) in [4.78, 5) is 11.2. The number of hydrogen-bond acceptors (Lipinski definition) is 8. The van der Waals surface area contributed by atoms with Gasteiger partial charge in [0.05, 0.1) is 72.7 Å². The second-order valence-corrected chi connectivity index (χ2v) is 10.9. The summed E-state index contributed by atoms with van der Waals surface area (Å²) in [5, 5.41) is 0. The predicted octanol–water partition coefficient (Wildman–Crippen LogP) is 7.47. The van der Waals surface area contributed by atoms with Crippen LogP contribution in [0.15, 0.2) is 12.2 Å². The molecule has 0 radical (unpaired) electrons. The Morgan fingerprint density at radius 1 is 0.405 bits per heavy atom. The summed E-state index contributed by atoms with van der Waals surface area (Å²) in [6.07, 6.45) is 22.2. The Morgan fingerprint density at radius 2 is 0.667 bits per heavy atom. The first-order valence-electron chi connectivity index (χ1n) is 17.0. The highest BCUT2D eigenvalue weighted by molar-refractivity contribution is 5.86. The van der Waals surface area contributed by atoms with E-state index in [1.807, 2.05) is 0 Å². The van der Waals surface area contributed by atoms with Crippen LogP contribution < -0.4 is 0 Å². The van der Waals surface area contributed by atoms with Crippen molar-refractivity contribution < 1.29 is 38.0 Å². The van der Waals surface area contributed by atoms with Gasteiger partial charge in [-0.05, 0) is 13.3 Å². The molecule has 8 heteroatoms. The first-order chi connectivity index (χ1) is 20.7. The SMILES string of the molecule is C=C(C)C(=O)OCCOCCOCCOCCOCCOCCOCCCCCCCCCCCCCCCCCC. The van der Waals surface area contributed by atoms with Crippen molar-refractivity contribution in [2.45, 2.75) is 117 Å². The first kappa shape index (κ1) is 41.0. The molecule has 0 N–H and O–H groups in total. The molecular weight excluding hydrogens is 536 g/mol. The smallest absolute Gasteiger partial charge is 0.333 e. The zero-order valence-electron chi connectivity index (χ0n) is 27.5. The van der Waals surface area contributed by atoms with Gasteiger partial charge in [-0.2, -0.15) is 0 Å². The van der Waals surface area contributed by atoms with E-state index in [0.29, 0.717) is 78.2 Å². The van der Waals surface area contributed by atoms with Gasteiger partial charge in [-0.15, -0.1) is 0 Å². The number of unbranched alkanes of at least 4 members (excludes halogenated alkanes) is 15. The summed E-state index contributed by atoms with van der Waals surface area (Å²) in [6.45, 7) is 14.1. The molecular formula is C34H66O8. The van der Waals surface area contributed by atoms with Gasteiger partial charge in [0.15, 0.2) is 0 Å². The molecule has 0 spiro atoms. The van der Waals surface area contributed by atoms with Gasteiger partial charge in [0.2, 0.25) is 0 Å². The fourth-order valence-corrected chi connectivity index (χ4v) is 4.27. The van der Waals surface area contributed by atoms with Crippen molar-refractivity contribution in [2.24, 2.45) is 0 Å². The molecule has 0 aromatic carbocycles. The van der Waals surface area contributed by atoms with E-state index in [1.54, 1.807) is 6.92 Å². The van der Waals surface area contributed by atoms with Crippen LogP contribution in [0.3, 0.4) is 0 Å². The van der Waals surface area contributed by atoms with Crippen molar-refractivity contribution in [1.29, 1.82) is 0 Å². The molecule has 0 aromatic heterocycles. The highest BCUT2D eigenvalue weighted by atomic mass is 16.6. The average molecular weight is 603 g/mol. The summed E-state index contributed by atoms with van der Waals surface area (Å²) in [5.74, 6) is -0.399. The summed E-state index contributed by atoms with van der Waals surface area (Å²) < 4.78 is 37.8. The van der Waals surface area contributed by atoms with Gasteiger partial charge < -0.3 is 33.2 Å². The zero-order valence-corrected chi connectivity index (χ0v) is 27.5. The lowest BCUT2D eigenvalue weighted by molar-refractivity contribution is -0.140. The van der Waals surface area contributed by atoms with Crippen LogP contribution in [0.1, 0.15) is 117 Å². The van der Waals surface area contributed by atoms with E-state index in [-0.39, 0.29) is 6.61 Å². The zero-order chi connectivity index (χ0) is 30.6. The molecule has 0 saturated heterocycles. The van der Waals surface area contributed by atoms with Gasteiger partial charge in [-0.1, -0.05) is 110 Å². The van der Waals surface area contributed by atoms with Gasteiger partial charge >= 0.3 is 5.97 Å². The summed E-state index contributed by atoms with van der Waals surface area (Å²) in [6, 6.07) is 0. The number of rotatable bonds is 36. The molecule has 0 aliphatic heterocycles. The quantitative estimate of drug-likeness (QED) is 0.0415. The Labute approximate surface area is 258 Å². The molecule has 0 amide bonds. The maximum absolute atomic E-state index is 11.2. The van der Waals surface area contributed by atoms with Crippen molar-refractivity contribution in [2.75, 3.05) is 85.9 Å². The van der Waals surface area contributed by atoms with E-state index in [2.05, 4.69) is 13.5 Å². The number of carbonyl (C=O) groups excluding carboxylic acids is 1. The van der Waals surface area contributed by atoms with Crippen LogP contribution in [0.5, 0.6) is 0 Å². The molecule has 0 unspecified atom stereocenters. The van der Waals surface area contributed by atoms with E-state index in [4.69, 9.17) is 33.2 Å². The minimum absolute atomic E-state index is 0.216. The third kappa shape index (κ3) is 35.2. The van der Waals surface area contributed by atoms with E-state index in [1.165, 1.54) is 96.3 Å². The Balaban J connectivity index is 3.06. The molecule has 250 valence electrons. The van der Waals surface area contributed by atoms with E-state index < -0.39 is 5.97 Å². The maximum atomic E-state index is 11.2. The highest BCUT2D eigenvalue weighted by Gasteiger charge is 2.02. The molecule has 0 atom stereocenters. The second-order valence-electron chi connectivity index (χ2n) is 10.9. The number of hydrogen-bond donors (Lipinski definition) is 0. The van der Waals surface area contributed by atoms with Crippen molar-refractivity contribution in [3.8, 4) is 0 Å². The normalized spacial score (nSPS) is 11.3. The molecule has 0 aliphatic carbocycles. The number of ether oxygens (including phenoxy) is 7. The number of esters is 1. The minimum atomic E-state index is -0.399. The fraction of sp³-hybridized carbons (Fsp3) is 0.912. The highest BCUT2D eigenvalue weighted by Crippen LogP contribution is 2.13. The van der Waals surface area contributed by atoms with E-state index in [0.717, 1.165) is 13.0 Å². The van der Waals surface area contributed by atoms with Crippen LogP contribution in [0.2, 0.25) is 0 Å². The van der Waals surface area contributed by atoms with Crippen molar-refractivity contribution in [1.82, 2.24) is 0 Å². The average Bonchev–Trinajstić information content (AvgIpc) is 2.99. The van der Waals surface area contributed by atoms with Crippen LogP contribution in [-0.2, 0) is 38.0 Å². The molecule has 0 heterocycles. The van der Waals surface area contributed by atoms with Crippen LogP contribution in [0.4, 0.5) is 0 Å². The minimum Gasteiger partial charge on any atom is -0.460 e. The van der Waals surface area contributed by atoms with E-state index >= 15 is 0 Å². The fourth-order valence-electron chi connectivity index (χ4n) is 4.27. The van der Waals surface area contributed by atoms with Crippen LogP contribution >= 0.6 is 0 Å².